The predicted octanol–water partition coefficient (Wildman–Crippen LogP) is 4.57. The van der Waals surface area contributed by atoms with E-state index >= 15 is 0 Å². The van der Waals surface area contributed by atoms with Gasteiger partial charge in [0.1, 0.15) is 17.6 Å². The van der Waals surface area contributed by atoms with Gasteiger partial charge < -0.3 is 9.64 Å². The fourth-order valence-corrected chi connectivity index (χ4v) is 4.98. The van der Waals surface area contributed by atoms with Crippen molar-refractivity contribution in [3.8, 4) is 5.75 Å². The number of nitro benzene ring substituents is 1. The van der Waals surface area contributed by atoms with E-state index in [1.807, 2.05) is 0 Å². The highest BCUT2D eigenvalue weighted by Gasteiger charge is 2.58. The third-order valence-corrected chi connectivity index (χ3v) is 6.90. The molecule has 2 aliphatic heterocycles. The lowest BCUT2D eigenvalue weighted by atomic mass is 9.85. The monoisotopic (exact) mass is 553 g/mol. The maximum Gasteiger partial charge on any atom is 0.270 e. The summed E-state index contributed by atoms with van der Waals surface area (Å²) in [6, 6.07) is 10.6. The first-order valence-electron chi connectivity index (χ1n) is 10.7. The standard InChI is InChI=1S/C25H17BrFN3O6/c1-12-3-5-14(11-19(12)27)28-21(18-9-13(26)4-8-20(18)36-2)22(25(28)33)29-23(31)16-7-6-15(30(34)35)10-17(16)24(29)32/h3-11,21-22H,1-2H3/t21-,22-/m1/s1. The summed E-state index contributed by atoms with van der Waals surface area (Å²) in [4.78, 5) is 52.8. The van der Waals surface area contributed by atoms with E-state index in [1.54, 1.807) is 31.2 Å². The SMILES string of the molecule is COc1ccc(Br)cc1[C@@H]1[C@@H](N2C(=O)c3ccc([N+](=O)[O-])cc3C2=O)C(=O)N1c1ccc(C)c(F)c1. The Morgan fingerprint density at radius 3 is 2.33 bits per heavy atom. The van der Waals surface area contributed by atoms with E-state index in [-0.39, 0.29) is 22.5 Å². The quantitative estimate of drug-likeness (QED) is 0.198. The summed E-state index contributed by atoms with van der Waals surface area (Å²) in [5.41, 5.74) is 0.596. The Balaban J connectivity index is 1.64. The van der Waals surface area contributed by atoms with Gasteiger partial charge in [-0.3, -0.25) is 29.4 Å². The number of anilines is 1. The van der Waals surface area contributed by atoms with Crippen molar-refractivity contribution in [3.05, 3.63) is 97.3 Å². The number of hydrogen-bond donors (Lipinski definition) is 0. The number of aryl methyl sites for hydroxylation is 1. The second-order valence-corrected chi connectivity index (χ2v) is 9.30. The number of imide groups is 1. The number of β-lactam (4-membered cyclic amide) rings is 1. The third kappa shape index (κ3) is 3.46. The number of nitrogens with zero attached hydrogens (tertiary/aromatic N) is 3. The Labute approximate surface area is 212 Å². The van der Waals surface area contributed by atoms with E-state index in [2.05, 4.69) is 15.9 Å². The van der Waals surface area contributed by atoms with Crippen LogP contribution in [-0.4, -0.2) is 40.7 Å². The molecule has 5 rings (SSSR count). The molecule has 2 atom stereocenters. The van der Waals surface area contributed by atoms with Crippen LogP contribution in [0.1, 0.15) is 37.9 Å². The summed E-state index contributed by atoms with van der Waals surface area (Å²) in [6.07, 6.45) is 0. The lowest BCUT2D eigenvalue weighted by molar-refractivity contribution is -0.384. The predicted molar refractivity (Wildman–Crippen MR) is 129 cm³/mol. The average Bonchev–Trinajstić information content (AvgIpc) is 3.09. The van der Waals surface area contributed by atoms with Gasteiger partial charge >= 0.3 is 0 Å². The first-order valence-corrected chi connectivity index (χ1v) is 11.5. The average molecular weight is 554 g/mol. The van der Waals surface area contributed by atoms with Gasteiger partial charge in [0.2, 0.25) is 0 Å². The van der Waals surface area contributed by atoms with Gasteiger partial charge in [-0.1, -0.05) is 22.0 Å². The summed E-state index contributed by atoms with van der Waals surface area (Å²) in [5, 5.41) is 11.2. The van der Waals surface area contributed by atoms with E-state index in [4.69, 9.17) is 4.74 Å². The van der Waals surface area contributed by atoms with Crippen LogP contribution in [0.25, 0.3) is 0 Å². The van der Waals surface area contributed by atoms with Gasteiger partial charge in [0, 0.05) is 27.9 Å². The van der Waals surface area contributed by atoms with Gasteiger partial charge in [0.05, 0.1) is 29.2 Å². The molecule has 0 saturated carbocycles. The Morgan fingerprint density at radius 1 is 0.944 bits per heavy atom. The van der Waals surface area contributed by atoms with Crippen molar-refractivity contribution in [2.24, 2.45) is 0 Å². The van der Waals surface area contributed by atoms with E-state index in [1.165, 1.54) is 30.2 Å². The van der Waals surface area contributed by atoms with Gasteiger partial charge in [0.15, 0.2) is 0 Å². The molecule has 9 nitrogen and oxygen atoms in total. The zero-order chi connectivity index (χ0) is 25.9. The highest BCUT2D eigenvalue weighted by molar-refractivity contribution is 9.10. The first-order chi connectivity index (χ1) is 17.1. The Hall–Kier alpha value is -4.12. The first kappa shape index (κ1) is 23.6. The molecule has 182 valence electrons. The maximum atomic E-state index is 14.4. The summed E-state index contributed by atoms with van der Waals surface area (Å²) in [5.74, 6) is -2.28. The number of hydrogen-bond acceptors (Lipinski definition) is 6. The molecule has 3 aromatic rings. The number of halogens is 2. The fourth-order valence-electron chi connectivity index (χ4n) is 4.60. The van der Waals surface area contributed by atoms with Gasteiger partial charge in [0.25, 0.3) is 23.4 Å². The second-order valence-electron chi connectivity index (χ2n) is 8.38. The summed E-state index contributed by atoms with van der Waals surface area (Å²) in [6.45, 7) is 1.59. The maximum absolute atomic E-state index is 14.4. The Morgan fingerprint density at radius 2 is 1.67 bits per heavy atom. The largest absolute Gasteiger partial charge is 0.496 e. The molecule has 2 aliphatic rings. The molecule has 3 amide bonds. The highest BCUT2D eigenvalue weighted by Crippen LogP contribution is 2.47. The summed E-state index contributed by atoms with van der Waals surface area (Å²) >= 11 is 3.40. The molecule has 1 saturated heterocycles. The molecule has 1 fully saturated rings. The number of amides is 3. The number of nitro groups is 1. The number of benzene rings is 3. The third-order valence-electron chi connectivity index (χ3n) is 6.40. The van der Waals surface area contributed by atoms with Gasteiger partial charge in [-0.2, -0.15) is 0 Å². The van der Waals surface area contributed by atoms with Crippen molar-refractivity contribution in [2.45, 2.75) is 19.0 Å². The van der Waals surface area contributed by atoms with Crippen LogP contribution < -0.4 is 9.64 Å². The lowest BCUT2D eigenvalue weighted by Crippen LogP contribution is -2.67. The normalized spacial score (nSPS) is 18.8. The number of fused-ring (bicyclic) bond motifs is 1. The zero-order valence-electron chi connectivity index (χ0n) is 18.9. The van der Waals surface area contributed by atoms with Crippen LogP contribution in [0, 0.1) is 22.9 Å². The van der Waals surface area contributed by atoms with Crippen LogP contribution >= 0.6 is 15.9 Å². The van der Waals surface area contributed by atoms with Crippen LogP contribution in [-0.2, 0) is 4.79 Å². The minimum atomic E-state index is -1.27. The molecule has 0 spiro atoms. The number of ether oxygens (including phenoxy) is 1. The molecule has 0 unspecified atom stereocenters. The summed E-state index contributed by atoms with van der Waals surface area (Å²) < 4.78 is 20.6. The number of carbonyl (C=O) groups excluding carboxylic acids is 3. The van der Waals surface area contributed by atoms with Crippen molar-refractivity contribution in [1.29, 1.82) is 0 Å². The molecular formula is C25H17BrFN3O6. The van der Waals surface area contributed by atoms with Crippen molar-refractivity contribution in [3.63, 3.8) is 0 Å². The van der Waals surface area contributed by atoms with Crippen LogP contribution in [0.4, 0.5) is 15.8 Å². The molecule has 11 heteroatoms. The summed E-state index contributed by atoms with van der Waals surface area (Å²) in [7, 11) is 1.44. The number of methoxy groups -OCH3 is 1. The van der Waals surface area contributed by atoms with Crippen molar-refractivity contribution in [2.75, 3.05) is 12.0 Å². The van der Waals surface area contributed by atoms with Crippen LogP contribution in [0.2, 0.25) is 0 Å². The van der Waals surface area contributed by atoms with Gasteiger partial charge in [-0.05, 0) is 48.9 Å². The molecule has 3 aromatic carbocycles. The molecule has 36 heavy (non-hydrogen) atoms. The van der Waals surface area contributed by atoms with Crippen molar-refractivity contribution in [1.82, 2.24) is 4.90 Å². The highest BCUT2D eigenvalue weighted by atomic mass is 79.9. The minimum absolute atomic E-state index is 0.0295. The van der Waals surface area contributed by atoms with Gasteiger partial charge in [-0.25, -0.2) is 4.39 Å². The zero-order valence-corrected chi connectivity index (χ0v) is 20.5. The topological polar surface area (TPSA) is 110 Å². The van der Waals surface area contributed by atoms with Crippen LogP contribution in [0.15, 0.2) is 59.1 Å². The molecule has 0 aliphatic carbocycles. The smallest absolute Gasteiger partial charge is 0.270 e. The molecule has 2 heterocycles. The molecule has 0 N–H and O–H groups in total. The Kier molecular flexibility index (Phi) is 5.59. The van der Waals surface area contributed by atoms with Crippen molar-refractivity contribution >= 4 is 45.0 Å². The lowest BCUT2D eigenvalue weighted by Gasteiger charge is -2.50. The van der Waals surface area contributed by atoms with Crippen LogP contribution in [0.5, 0.6) is 5.75 Å². The fraction of sp³-hybridized carbons (Fsp3) is 0.160. The molecule has 0 radical (unpaired) electrons. The van der Waals surface area contributed by atoms with E-state index in [0.717, 1.165) is 17.0 Å². The van der Waals surface area contributed by atoms with E-state index < -0.39 is 40.5 Å². The molecule has 0 aromatic heterocycles. The Bertz CT molecular complexity index is 1490. The van der Waals surface area contributed by atoms with Crippen LogP contribution in [0.3, 0.4) is 0 Å². The minimum Gasteiger partial charge on any atom is -0.496 e. The van der Waals surface area contributed by atoms with E-state index in [0.29, 0.717) is 21.3 Å². The number of non-ortho nitro benzene ring substituents is 1. The molecule has 0 bridgehead atoms. The number of rotatable bonds is 5. The number of carbonyl (C=O) groups is 3. The van der Waals surface area contributed by atoms with E-state index in [9.17, 15) is 28.9 Å². The second kappa shape index (κ2) is 8.52. The molecular weight excluding hydrogens is 537 g/mol. The van der Waals surface area contributed by atoms with Gasteiger partial charge in [-0.15, -0.1) is 0 Å². The van der Waals surface area contributed by atoms with Crippen molar-refractivity contribution < 1.29 is 28.4 Å².